The Balaban J connectivity index is 1.64. The molecule has 3 heterocycles. The van der Waals surface area contributed by atoms with Gasteiger partial charge in [0.05, 0.1) is 5.56 Å². The van der Waals surface area contributed by atoms with Gasteiger partial charge in [0.1, 0.15) is 16.7 Å². The number of carbonyl (C=O) groups excluding carboxylic acids is 2. The second-order valence-electron chi connectivity index (χ2n) is 6.95. The molecule has 0 saturated heterocycles. The maximum absolute atomic E-state index is 13.1. The number of thiophene rings is 1. The minimum Gasteiger partial charge on any atom is -0.459 e. The van der Waals surface area contributed by atoms with Crippen LogP contribution in [0.15, 0.2) is 54.4 Å². The second-order valence-corrected chi connectivity index (χ2v) is 7.83. The molecule has 0 bridgehead atoms. The highest BCUT2D eigenvalue weighted by Gasteiger charge is 2.26. The van der Waals surface area contributed by atoms with Crippen LogP contribution in [0.25, 0.3) is 11.1 Å². The van der Waals surface area contributed by atoms with Crippen LogP contribution in [-0.2, 0) is 4.74 Å². The molecule has 1 amide bonds. The average molecular weight is 407 g/mol. The highest BCUT2D eigenvalue weighted by atomic mass is 32.1. The van der Waals surface area contributed by atoms with E-state index in [1.807, 2.05) is 17.5 Å². The largest absolute Gasteiger partial charge is 0.459 e. The Bertz CT molecular complexity index is 983. The number of pyridine rings is 2. The summed E-state index contributed by atoms with van der Waals surface area (Å²) in [5, 5.41) is 5.20. The van der Waals surface area contributed by atoms with Crippen LogP contribution < -0.4 is 5.32 Å². The topological polar surface area (TPSA) is 81.2 Å². The summed E-state index contributed by atoms with van der Waals surface area (Å²) in [4.78, 5) is 33.8. The van der Waals surface area contributed by atoms with Crippen molar-refractivity contribution in [3.8, 4) is 11.1 Å². The van der Waals surface area contributed by atoms with Crippen LogP contribution in [-0.4, -0.2) is 27.9 Å². The lowest BCUT2D eigenvalue weighted by Gasteiger charge is -2.22. The lowest BCUT2D eigenvalue weighted by Crippen LogP contribution is -2.22. The molecular weight excluding hydrogens is 386 g/mol. The molecule has 1 fully saturated rings. The summed E-state index contributed by atoms with van der Waals surface area (Å²) in [7, 11) is 0. The summed E-state index contributed by atoms with van der Waals surface area (Å²) < 4.78 is 5.81. The average Bonchev–Trinajstić information content (AvgIpc) is 3.19. The molecule has 1 aliphatic rings. The highest BCUT2D eigenvalue weighted by Crippen LogP contribution is 2.37. The Labute approximate surface area is 173 Å². The molecule has 4 rings (SSSR count). The Hall–Kier alpha value is -3.06. The first-order chi connectivity index (χ1) is 14.2. The van der Waals surface area contributed by atoms with Gasteiger partial charge >= 0.3 is 5.97 Å². The number of nitrogens with zero attached hydrogens (tertiary/aromatic N) is 2. The number of carbonyl (C=O) groups is 2. The third-order valence-electron chi connectivity index (χ3n) is 4.96. The Kier molecular flexibility index (Phi) is 5.95. The quantitative estimate of drug-likeness (QED) is 0.606. The zero-order valence-corrected chi connectivity index (χ0v) is 16.7. The molecule has 3 aromatic rings. The van der Waals surface area contributed by atoms with E-state index in [-0.39, 0.29) is 12.0 Å². The monoisotopic (exact) mass is 407 g/mol. The number of hydrogen-bond acceptors (Lipinski definition) is 6. The van der Waals surface area contributed by atoms with E-state index in [0.29, 0.717) is 16.1 Å². The SMILES string of the molecule is O=C(Nc1scc(-c2ccncc2)c1C(=O)OC1CCCCC1)c1cccnc1. The zero-order valence-electron chi connectivity index (χ0n) is 15.8. The van der Waals surface area contributed by atoms with Gasteiger partial charge < -0.3 is 10.1 Å². The van der Waals surface area contributed by atoms with E-state index in [1.165, 1.54) is 24.0 Å². The molecule has 0 aromatic carbocycles. The molecule has 148 valence electrons. The van der Waals surface area contributed by atoms with Crippen molar-refractivity contribution in [3.63, 3.8) is 0 Å². The molecular formula is C22H21N3O3S. The number of ether oxygens (including phenoxy) is 1. The minimum atomic E-state index is -0.397. The molecule has 0 atom stereocenters. The van der Waals surface area contributed by atoms with E-state index >= 15 is 0 Å². The molecule has 0 aliphatic heterocycles. The van der Waals surface area contributed by atoms with Gasteiger partial charge in [-0.15, -0.1) is 11.3 Å². The third-order valence-corrected chi connectivity index (χ3v) is 5.86. The van der Waals surface area contributed by atoms with Gasteiger partial charge in [-0.05, 0) is 55.5 Å². The fourth-order valence-electron chi connectivity index (χ4n) is 3.46. The Morgan fingerprint density at radius 3 is 2.55 bits per heavy atom. The number of rotatable bonds is 5. The number of hydrogen-bond donors (Lipinski definition) is 1. The first kappa shape index (κ1) is 19.3. The van der Waals surface area contributed by atoms with Crippen molar-refractivity contribution in [2.75, 3.05) is 5.32 Å². The Morgan fingerprint density at radius 1 is 1.03 bits per heavy atom. The van der Waals surface area contributed by atoms with Gasteiger partial charge in [0.2, 0.25) is 0 Å². The van der Waals surface area contributed by atoms with Crippen LogP contribution in [0.4, 0.5) is 5.00 Å². The van der Waals surface area contributed by atoms with E-state index in [9.17, 15) is 9.59 Å². The van der Waals surface area contributed by atoms with E-state index in [0.717, 1.165) is 36.8 Å². The van der Waals surface area contributed by atoms with Crippen molar-refractivity contribution in [3.05, 3.63) is 65.6 Å². The fourth-order valence-corrected chi connectivity index (χ4v) is 4.41. The number of amides is 1. The number of nitrogens with one attached hydrogen (secondary N) is 1. The fraction of sp³-hybridized carbons (Fsp3) is 0.273. The molecule has 1 saturated carbocycles. The molecule has 29 heavy (non-hydrogen) atoms. The predicted octanol–water partition coefficient (Wildman–Crippen LogP) is 4.95. The standard InChI is InChI=1S/C22H21N3O3S/c26-20(16-5-4-10-24-13-16)25-21-19(22(27)28-17-6-2-1-3-7-17)18(14-29-21)15-8-11-23-12-9-15/h4-5,8-14,17H,1-3,6-7H2,(H,25,26). The molecule has 1 N–H and O–H groups in total. The predicted molar refractivity (Wildman–Crippen MR) is 112 cm³/mol. The summed E-state index contributed by atoms with van der Waals surface area (Å²) in [5.74, 6) is -0.709. The van der Waals surface area contributed by atoms with Crippen LogP contribution in [0.1, 0.15) is 52.8 Å². The van der Waals surface area contributed by atoms with Gasteiger partial charge in [-0.1, -0.05) is 6.42 Å². The van der Waals surface area contributed by atoms with E-state index in [1.54, 1.807) is 30.7 Å². The first-order valence-corrected chi connectivity index (χ1v) is 10.5. The normalized spacial score (nSPS) is 14.3. The van der Waals surface area contributed by atoms with E-state index in [4.69, 9.17) is 4.74 Å². The van der Waals surface area contributed by atoms with Crippen LogP contribution in [0.5, 0.6) is 0 Å². The van der Waals surface area contributed by atoms with Crippen molar-refractivity contribution in [1.29, 1.82) is 0 Å². The van der Waals surface area contributed by atoms with Gasteiger partial charge in [0.25, 0.3) is 5.91 Å². The molecule has 0 unspecified atom stereocenters. The zero-order chi connectivity index (χ0) is 20.1. The molecule has 6 nitrogen and oxygen atoms in total. The van der Waals surface area contributed by atoms with Crippen LogP contribution in [0.2, 0.25) is 0 Å². The lowest BCUT2D eigenvalue weighted by molar-refractivity contribution is 0.0214. The highest BCUT2D eigenvalue weighted by molar-refractivity contribution is 7.15. The van der Waals surface area contributed by atoms with Crippen molar-refractivity contribution in [1.82, 2.24) is 9.97 Å². The minimum absolute atomic E-state index is 0.0664. The Morgan fingerprint density at radius 2 is 1.83 bits per heavy atom. The molecule has 7 heteroatoms. The van der Waals surface area contributed by atoms with Gasteiger partial charge in [-0.25, -0.2) is 4.79 Å². The van der Waals surface area contributed by atoms with Crippen LogP contribution in [0, 0.1) is 0 Å². The second kappa shape index (κ2) is 8.96. The molecule has 0 spiro atoms. The number of esters is 1. The van der Waals surface area contributed by atoms with Gasteiger partial charge in [-0.2, -0.15) is 0 Å². The van der Waals surface area contributed by atoms with Gasteiger partial charge in [-0.3, -0.25) is 14.8 Å². The molecule has 1 aliphatic carbocycles. The van der Waals surface area contributed by atoms with Crippen LogP contribution >= 0.6 is 11.3 Å². The number of aromatic nitrogens is 2. The van der Waals surface area contributed by atoms with Crippen molar-refractivity contribution >= 4 is 28.2 Å². The van der Waals surface area contributed by atoms with Crippen molar-refractivity contribution in [2.45, 2.75) is 38.2 Å². The molecule has 0 radical (unpaired) electrons. The van der Waals surface area contributed by atoms with Crippen molar-refractivity contribution < 1.29 is 14.3 Å². The van der Waals surface area contributed by atoms with Crippen LogP contribution in [0.3, 0.4) is 0 Å². The summed E-state index contributed by atoms with van der Waals surface area (Å²) in [6.07, 6.45) is 11.5. The smallest absolute Gasteiger partial charge is 0.342 e. The third kappa shape index (κ3) is 4.51. The maximum atomic E-state index is 13.1. The van der Waals surface area contributed by atoms with E-state index in [2.05, 4.69) is 15.3 Å². The summed E-state index contributed by atoms with van der Waals surface area (Å²) in [5.41, 5.74) is 2.41. The molecule has 3 aromatic heterocycles. The van der Waals surface area contributed by atoms with Gasteiger partial charge in [0.15, 0.2) is 0 Å². The van der Waals surface area contributed by atoms with E-state index < -0.39 is 5.97 Å². The lowest BCUT2D eigenvalue weighted by atomic mass is 9.97. The number of anilines is 1. The maximum Gasteiger partial charge on any atom is 0.342 e. The first-order valence-electron chi connectivity index (χ1n) is 9.66. The van der Waals surface area contributed by atoms with Gasteiger partial charge in [0, 0.05) is 35.7 Å². The van der Waals surface area contributed by atoms with Crippen molar-refractivity contribution in [2.24, 2.45) is 0 Å². The summed E-state index contributed by atoms with van der Waals surface area (Å²) >= 11 is 1.31. The summed E-state index contributed by atoms with van der Waals surface area (Å²) in [6.45, 7) is 0. The summed E-state index contributed by atoms with van der Waals surface area (Å²) in [6, 6.07) is 7.06.